The Balaban J connectivity index is 0.00000288. The standard InChI is InChI=1S/C18H22FN3O.HI/c1-4-23-17-8-6-14(10-16(17)19)11-21-18(20)22-15-7-5-12(2)13(3)9-15;/h5-10H,4,11H2,1-3H3,(H3,20,21,22);1H. The van der Waals surface area contributed by atoms with E-state index in [-0.39, 0.29) is 35.5 Å². The summed E-state index contributed by atoms with van der Waals surface area (Å²) in [6, 6.07) is 10.8. The molecule has 0 aliphatic rings. The fraction of sp³-hybridized carbons (Fsp3) is 0.278. The molecule has 0 aliphatic heterocycles. The predicted molar refractivity (Wildman–Crippen MR) is 108 cm³/mol. The van der Waals surface area contributed by atoms with Crippen LogP contribution in [0.3, 0.4) is 0 Å². The number of nitrogens with two attached hydrogens (primary N) is 1. The first-order valence-corrected chi connectivity index (χ1v) is 7.55. The molecule has 0 aliphatic carbocycles. The lowest BCUT2D eigenvalue weighted by Gasteiger charge is -2.09. The number of benzene rings is 2. The molecule has 0 amide bonds. The number of hydrogen-bond acceptors (Lipinski definition) is 2. The maximum absolute atomic E-state index is 13.8. The minimum Gasteiger partial charge on any atom is -0.491 e. The average Bonchev–Trinajstić information content (AvgIpc) is 2.51. The summed E-state index contributed by atoms with van der Waals surface area (Å²) in [5, 5.41) is 3.04. The Morgan fingerprint density at radius 2 is 1.92 bits per heavy atom. The second kappa shape index (κ2) is 9.46. The van der Waals surface area contributed by atoms with Crippen molar-refractivity contribution < 1.29 is 9.13 Å². The molecule has 24 heavy (non-hydrogen) atoms. The van der Waals surface area contributed by atoms with Crippen LogP contribution >= 0.6 is 24.0 Å². The van der Waals surface area contributed by atoms with Crippen molar-refractivity contribution in [1.29, 1.82) is 0 Å². The van der Waals surface area contributed by atoms with Crippen molar-refractivity contribution in [2.24, 2.45) is 10.7 Å². The Hall–Kier alpha value is -1.83. The molecule has 0 saturated heterocycles. The van der Waals surface area contributed by atoms with Crippen LogP contribution in [0.2, 0.25) is 0 Å². The first-order chi connectivity index (χ1) is 11.0. The van der Waals surface area contributed by atoms with Gasteiger partial charge < -0.3 is 15.8 Å². The van der Waals surface area contributed by atoms with E-state index in [1.54, 1.807) is 12.1 Å². The normalized spacial score (nSPS) is 10.9. The molecular weight excluding hydrogens is 420 g/mol. The van der Waals surface area contributed by atoms with Crippen molar-refractivity contribution in [2.75, 3.05) is 11.9 Å². The topological polar surface area (TPSA) is 59.6 Å². The second-order valence-electron chi connectivity index (χ2n) is 5.32. The lowest BCUT2D eigenvalue weighted by molar-refractivity contribution is 0.321. The van der Waals surface area contributed by atoms with Gasteiger partial charge in [0.15, 0.2) is 17.5 Å². The highest BCUT2D eigenvalue weighted by Crippen LogP contribution is 2.19. The first kappa shape index (κ1) is 20.2. The second-order valence-corrected chi connectivity index (χ2v) is 5.32. The monoisotopic (exact) mass is 443 g/mol. The molecule has 0 aromatic heterocycles. The van der Waals surface area contributed by atoms with Crippen LogP contribution in [0.1, 0.15) is 23.6 Å². The molecule has 0 fully saturated rings. The van der Waals surface area contributed by atoms with E-state index < -0.39 is 0 Å². The highest BCUT2D eigenvalue weighted by atomic mass is 127. The van der Waals surface area contributed by atoms with Gasteiger partial charge in [0.1, 0.15) is 0 Å². The number of hydrogen-bond donors (Lipinski definition) is 2. The highest BCUT2D eigenvalue weighted by molar-refractivity contribution is 14.0. The summed E-state index contributed by atoms with van der Waals surface area (Å²) in [7, 11) is 0. The molecule has 4 nitrogen and oxygen atoms in total. The zero-order valence-corrected chi connectivity index (χ0v) is 16.4. The van der Waals surface area contributed by atoms with Crippen LogP contribution in [0.4, 0.5) is 10.1 Å². The van der Waals surface area contributed by atoms with E-state index in [9.17, 15) is 4.39 Å². The number of halogens is 2. The van der Waals surface area contributed by atoms with Gasteiger partial charge >= 0.3 is 0 Å². The molecule has 6 heteroatoms. The number of ether oxygens (including phenoxy) is 1. The van der Waals surface area contributed by atoms with E-state index in [2.05, 4.69) is 17.2 Å². The average molecular weight is 443 g/mol. The van der Waals surface area contributed by atoms with Gasteiger partial charge in [-0.2, -0.15) is 0 Å². The molecule has 2 rings (SSSR count). The van der Waals surface area contributed by atoms with Crippen molar-refractivity contribution >= 4 is 35.6 Å². The lowest BCUT2D eigenvalue weighted by atomic mass is 10.1. The molecular formula is C18H23FIN3O. The van der Waals surface area contributed by atoms with E-state index in [1.807, 2.05) is 32.0 Å². The molecule has 0 unspecified atom stereocenters. The smallest absolute Gasteiger partial charge is 0.193 e. The third-order valence-corrected chi connectivity index (χ3v) is 3.51. The van der Waals surface area contributed by atoms with E-state index in [1.165, 1.54) is 17.2 Å². The van der Waals surface area contributed by atoms with Gasteiger partial charge in [-0.1, -0.05) is 12.1 Å². The van der Waals surface area contributed by atoms with Crippen LogP contribution in [0, 0.1) is 19.7 Å². The molecule has 0 atom stereocenters. The Labute approximate surface area is 159 Å². The molecule has 0 saturated carbocycles. The quantitative estimate of drug-likeness (QED) is 0.410. The maximum atomic E-state index is 13.8. The summed E-state index contributed by atoms with van der Waals surface area (Å²) in [5.41, 5.74) is 9.89. The van der Waals surface area contributed by atoms with Crippen molar-refractivity contribution in [3.8, 4) is 5.75 Å². The number of nitrogens with one attached hydrogen (secondary N) is 1. The van der Waals surface area contributed by atoms with Gasteiger partial charge in [0, 0.05) is 5.69 Å². The minimum atomic E-state index is -0.389. The van der Waals surface area contributed by atoms with E-state index in [0.29, 0.717) is 19.1 Å². The third-order valence-electron chi connectivity index (χ3n) is 3.51. The Morgan fingerprint density at radius 1 is 1.17 bits per heavy atom. The molecule has 0 spiro atoms. The fourth-order valence-corrected chi connectivity index (χ4v) is 2.10. The van der Waals surface area contributed by atoms with Crippen molar-refractivity contribution in [3.05, 3.63) is 58.9 Å². The fourth-order valence-electron chi connectivity index (χ4n) is 2.10. The van der Waals surface area contributed by atoms with Gasteiger partial charge in [0.25, 0.3) is 0 Å². The maximum Gasteiger partial charge on any atom is 0.193 e. The number of nitrogens with zero attached hydrogens (tertiary/aromatic N) is 1. The van der Waals surface area contributed by atoms with E-state index in [0.717, 1.165) is 11.3 Å². The van der Waals surface area contributed by atoms with Crippen LogP contribution in [0.5, 0.6) is 5.75 Å². The Kier molecular flexibility index (Phi) is 7.97. The van der Waals surface area contributed by atoms with Gasteiger partial charge in [-0.3, -0.25) is 0 Å². The first-order valence-electron chi connectivity index (χ1n) is 7.55. The number of anilines is 1. The summed E-state index contributed by atoms with van der Waals surface area (Å²) in [5.74, 6) is 0.157. The lowest BCUT2D eigenvalue weighted by Crippen LogP contribution is -2.22. The van der Waals surface area contributed by atoms with Gasteiger partial charge in [-0.05, 0) is 61.7 Å². The molecule has 2 aromatic carbocycles. The number of aryl methyl sites for hydroxylation is 2. The van der Waals surface area contributed by atoms with Gasteiger partial charge in [0.2, 0.25) is 0 Å². The summed E-state index contributed by atoms with van der Waals surface area (Å²) in [6.07, 6.45) is 0. The van der Waals surface area contributed by atoms with E-state index >= 15 is 0 Å². The molecule has 0 bridgehead atoms. The van der Waals surface area contributed by atoms with Crippen LogP contribution in [0.25, 0.3) is 0 Å². The van der Waals surface area contributed by atoms with Crippen LogP contribution < -0.4 is 15.8 Å². The van der Waals surface area contributed by atoms with Crippen molar-refractivity contribution in [3.63, 3.8) is 0 Å². The molecule has 0 radical (unpaired) electrons. The zero-order valence-electron chi connectivity index (χ0n) is 14.1. The zero-order chi connectivity index (χ0) is 16.8. The molecule has 130 valence electrons. The molecule has 3 N–H and O–H groups in total. The molecule has 2 aromatic rings. The summed E-state index contributed by atoms with van der Waals surface area (Å²) >= 11 is 0. The van der Waals surface area contributed by atoms with Crippen molar-refractivity contribution in [2.45, 2.75) is 27.3 Å². The molecule has 0 heterocycles. The van der Waals surface area contributed by atoms with Crippen LogP contribution in [-0.4, -0.2) is 12.6 Å². The van der Waals surface area contributed by atoms with Crippen molar-refractivity contribution in [1.82, 2.24) is 0 Å². The predicted octanol–water partition coefficient (Wildman–Crippen LogP) is 4.39. The van der Waals surface area contributed by atoms with Crippen LogP contribution in [-0.2, 0) is 6.54 Å². The Morgan fingerprint density at radius 3 is 2.54 bits per heavy atom. The van der Waals surface area contributed by atoms with Gasteiger partial charge in [-0.15, -0.1) is 24.0 Å². The third kappa shape index (κ3) is 5.67. The summed E-state index contributed by atoms with van der Waals surface area (Å²) in [6.45, 7) is 6.64. The van der Waals surface area contributed by atoms with Gasteiger partial charge in [0.05, 0.1) is 13.2 Å². The minimum absolute atomic E-state index is 0. The number of aliphatic imine (C=N–C) groups is 1. The largest absolute Gasteiger partial charge is 0.491 e. The summed E-state index contributed by atoms with van der Waals surface area (Å²) in [4.78, 5) is 4.23. The Bertz CT molecular complexity index is 719. The number of rotatable bonds is 5. The number of guanidine groups is 1. The van der Waals surface area contributed by atoms with Gasteiger partial charge in [-0.25, -0.2) is 9.38 Å². The van der Waals surface area contributed by atoms with Crippen LogP contribution in [0.15, 0.2) is 41.4 Å². The van der Waals surface area contributed by atoms with E-state index in [4.69, 9.17) is 10.5 Å². The summed E-state index contributed by atoms with van der Waals surface area (Å²) < 4.78 is 18.9. The SMILES string of the molecule is CCOc1ccc(CN=C(N)Nc2ccc(C)c(C)c2)cc1F.I. The highest BCUT2D eigenvalue weighted by Gasteiger charge is 2.04.